The van der Waals surface area contributed by atoms with Gasteiger partial charge in [0.15, 0.2) is 0 Å². The molecular formula is C125H114N14O10. The van der Waals surface area contributed by atoms with E-state index in [4.69, 9.17) is 18.9 Å². The molecule has 15 rings (SSSR count). The normalized spacial score (nSPS) is 10.4. The number of nitrogens with zero attached hydrogens (tertiary/aromatic N) is 2. The van der Waals surface area contributed by atoms with Gasteiger partial charge in [-0.25, -0.2) is 38.7 Å². The first kappa shape index (κ1) is 107. The summed E-state index contributed by atoms with van der Waals surface area (Å²) in [4.78, 5) is 86.2. The number of carbonyl (C=O) groups is 6. The number of ether oxygens (including phenoxy) is 4. The first-order valence-corrected chi connectivity index (χ1v) is 47.7. The molecule has 0 atom stereocenters. The smallest absolute Gasteiger partial charge is 0.323 e. The van der Waals surface area contributed by atoms with Gasteiger partial charge in [0.1, 0.15) is 45.8 Å². The van der Waals surface area contributed by atoms with E-state index in [2.05, 4.69) is 207 Å². The molecule has 2 aromatic heterocycles. The molecule has 149 heavy (non-hydrogen) atoms. The van der Waals surface area contributed by atoms with Crippen molar-refractivity contribution >= 4 is 104 Å². The van der Waals surface area contributed by atoms with Gasteiger partial charge in [-0.15, -0.1) is 0 Å². The average Bonchev–Trinajstić information content (AvgIpc) is 0.822. The van der Waals surface area contributed by atoms with E-state index in [0.29, 0.717) is 147 Å². The lowest BCUT2D eigenvalue weighted by molar-refractivity contribution is 0.261. The minimum Gasteiger partial charge on any atom is -0.497 e. The average molecular weight is 1970 g/mol. The molecule has 12 N–H and O–H groups in total. The summed E-state index contributed by atoms with van der Waals surface area (Å²) in [7, 11) is 6.36. The maximum atomic E-state index is 12.9. The van der Waals surface area contributed by atoms with Gasteiger partial charge < -0.3 is 82.7 Å². The van der Waals surface area contributed by atoms with Crippen LogP contribution in [0.3, 0.4) is 0 Å². The SMILES string of the molecule is COc1ccc(NC(=O)Nc2ccc(C)cc2C#Cc2cccc(C#Cc3cc(C(C)(C)C)ccc3NC(=O)Nc3ccc(OC)cc3)c2)cc1.COc1ccc(NC(=O)Nc2ccc(C)cc2C#Cc2cccc(C#Cc3cc(C(C)(C)C)ccc3NC(=O)Nc3ccc(OC)cc3)n2)cc1.Cc1ccc(NC(=O)Nc2ccccc2)c(C#Cc2cccc(C#Cc3cc(C(C)(C)C)ccc3NC(=O)Nc3ccccc3)n2)c1. The quantitative estimate of drug-likeness (QED) is 0.0402. The fourth-order valence-electron chi connectivity index (χ4n) is 14.4. The van der Waals surface area contributed by atoms with Gasteiger partial charge in [0, 0.05) is 78.6 Å². The summed E-state index contributed by atoms with van der Waals surface area (Å²) in [5, 5.41) is 34.5. The van der Waals surface area contributed by atoms with Crippen molar-refractivity contribution in [1.29, 1.82) is 0 Å². The Morgan fingerprint density at radius 3 is 0.644 bits per heavy atom. The summed E-state index contributed by atoms with van der Waals surface area (Å²) >= 11 is 0. The summed E-state index contributed by atoms with van der Waals surface area (Å²) in [6.07, 6.45) is 0. The fourth-order valence-corrected chi connectivity index (χ4v) is 14.4. The van der Waals surface area contributed by atoms with Crippen molar-refractivity contribution in [3.63, 3.8) is 0 Å². The van der Waals surface area contributed by atoms with Crippen molar-refractivity contribution in [3.8, 4) is 94.0 Å². The molecule has 0 aliphatic heterocycles. The molecule has 0 saturated heterocycles. The third-order valence-corrected chi connectivity index (χ3v) is 22.5. The summed E-state index contributed by atoms with van der Waals surface area (Å²) in [5.41, 5.74) is 20.9. The van der Waals surface area contributed by atoms with Gasteiger partial charge >= 0.3 is 36.2 Å². The van der Waals surface area contributed by atoms with Gasteiger partial charge in [-0.05, 0) is 331 Å². The van der Waals surface area contributed by atoms with Crippen molar-refractivity contribution in [2.45, 2.75) is 99.3 Å². The van der Waals surface area contributed by atoms with Crippen LogP contribution in [0.2, 0.25) is 0 Å². The van der Waals surface area contributed by atoms with Gasteiger partial charge in [-0.3, -0.25) is 0 Å². The second kappa shape index (κ2) is 50.8. The standard InChI is InChI=1S/C43H40N4O4.C42H39N5O4.C40H35N5O2/c1-29-10-24-39(46-41(48)44-35-16-20-37(50-5)21-17-35)32(26-29)13-11-30-8-7-9-31(27-30)12-14-33-28-34(43(2,3)4)15-25-40(33)47-42(49)45-36-18-22-38(51-6)23-19-36;1-28-10-24-38(46-40(48)44-34-16-20-36(50-5)21-17-34)29(26-28)11-14-32-8-7-9-33(43-32)15-12-30-27-31(42(2,3)4)13-25-39(30)47-41(49)45-35-18-22-37(51-6)23-19-35;1-28-18-24-36(44-38(46)42-32-12-7-5-8-13-32)29(26-28)19-22-34-16-11-17-35(41-34)23-20-30-27-31(40(2,3)4)21-25-37(30)45-39(47)43-33-14-9-6-10-15-33/h7-10,15-28H,1-6H3,(H2,44,46,48)(H2,45,47,49);7-10,13,16-27H,1-6H3,(H2,44,46,48)(H2,45,47,49);5-18,21,24-27H,1-4H3,(H2,42,44,46)(H2,43,45,47). The molecule has 0 aliphatic carbocycles. The number of urea groups is 6. The molecule has 24 nitrogen and oxygen atoms in total. The van der Waals surface area contributed by atoms with Crippen molar-refractivity contribution in [2.75, 3.05) is 92.2 Å². The molecule has 0 bridgehead atoms. The molecule has 24 heteroatoms. The molecule has 12 amide bonds. The molecule has 0 aliphatic rings. The lowest BCUT2D eigenvalue weighted by Gasteiger charge is -2.20. The molecule has 0 fully saturated rings. The van der Waals surface area contributed by atoms with E-state index in [1.807, 2.05) is 239 Å². The van der Waals surface area contributed by atoms with Gasteiger partial charge in [-0.1, -0.05) is 201 Å². The number of anilines is 12. The largest absolute Gasteiger partial charge is 0.497 e. The number of hydrogen-bond acceptors (Lipinski definition) is 12. The van der Waals surface area contributed by atoms with Gasteiger partial charge in [0.2, 0.25) is 0 Å². The summed E-state index contributed by atoms with van der Waals surface area (Å²) in [6, 6.07) is 97.7. The number of benzene rings is 13. The zero-order chi connectivity index (χ0) is 106. The van der Waals surface area contributed by atoms with Gasteiger partial charge in [0.25, 0.3) is 0 Å². The van der Waals surface area contributed by atoms with Crippen molar-refractivity contribution in [3.05, 3.63) is 428 Å². The van der Waals surface area contributed by atoms with E-state index < -0.39 is 12.1 Å². The van der Waals surface area contributed by atoms with Gasteiger partial charge in [0.05, 0.1) is 62.6 Å². The molecule has 744 valence electrons. The maximum absolute atomic E-state index is 12.9. The topological polar surface area (TPSA) is 309 Å². The molecule has 13 aromatic carbocycles. The van der Waals surface area contributed by atoms with Crippen LogP contribution in [0.1, 0.15) is 163 Å². The predicted octanol–water partition coefficient (Wildman–Crippen LogP) is 27.0. The number of carbonyl (C=O) groups excluding carboxylic acids is 6. The Morgan fingerprint density at radius 2 is 0.416 bits per heavy atom. The Labute approximate surface area is 870 Å². The number of rotatable bonds is 16. The van der Waals surface area contributed by atoms with Crippen LogP contribution >= 0.6 is 0 Å². The van der Waals surface area contributed by atoms with E-state index in [1.54, 1.807) is 138 Å². The zero-order valence-electron chi connectivity index (χ0n) is 85.7. The summed E-state index contributed by atoms with van der Waals surface area (Å²) < 4.78 is 20.8. The Morgan fingerprint density at radius 1 is 0.208 bits per heavy atom. The van der Waals surface area contributed by atoms with E-state index in [-0.39, 0.29) is 40.4 Å². The lowest BCUT2D eigenvalue weighted by atomic mass is 9.86. The van der Waals surface area contributed by atoms with Crippen LogP contribution in [0.4, 0.5) is 97.0 Å². The molecule has 2 heterocycles. The number of aromatic nitrogens is 2. The molecule has 15 aromatic rings. The van der Waals surface area contributed by atoms with Crippen LogP contribution in [0.5, 0.6) is 23.0 Å². The Balaban J connectivity index is 0.000000187. The van der Waals surface area contributed by atoms with E-state index in [9.17, 15) is 28.8 Å². The predicted molar refractivity (Wildman–Crippen MR) is 600 cm³/mol. The van der Waals surface area contributed by atoms with Crippen LogP contribution in [0, 0.1) is 91.8 Å². The number of pyridine rings is 2. The minimum absolute atomic E-state index is 0.110. The summed E-state index contributed by atoms with van der Waals surface area (Å²) in [5.74, 6) is 41.0. The summed E-state index contributed by atoms with van der Waals surface area (Å²) in [6.45, 7) is 25.0. The highest BCUT2D eigenvalue weighted by Gasteiger charge is 2.22. The number of amides is 12. The first-order chi connectivity index (χ1) is 71.6. The monoisotopic (exact) mass is 1970 g/mol. The third kappa shape index (κ3) is 33.2. The fraction of sp³-hybridized carbons (Fsp3) is 0.152. The van der Waals surface area contributed by atoms with Crippen molar-refractivity contribution < 1.29 is 47.7 Å². The minimum atomic E-state index is -0.398. The highest BCUT2D eigenvalue weighted by atomic mass is 16.5. The van der Waals surface area contributed by atoms with Crippen molar-refractivity contribution in [2.24, 2.45) is 0 Å². The second-order valence-electron chi connectivity index (χ2n) is 37.2. The van der Waals surface area contributed by atoms with Gasteiger partial charge in [-0.2, -0.15) is 0 Å². The number of nitrogens with one attached hydrogen (secondary N) is 12. The number of para-hydroxylation sites is 2. The maximum Gasteiger partial charge on any atom is 0.323 e. The van der Waals surface area contributed by atoms with Crippen molar-refractivity contribution in [1.82, 2.24) is 9.97 Å². The van der Waals surface area contributed by atoms with Crippen LogP contribution < -0.4 is 82.7 Å². The molecule has 0 unspecified atom stereocenters. The Kier molecular flexibility index (Phi) is 36.4. The highest BCUT2D eigenvalue weighted by molar-refractivity contribution is 6.05. The third-order valence-electron chi connectivity index (χ3n) is 22.5. The van der Waals surface area contributed by atoms with Crippen LogP contribution in [-0.2, 0) is 16.2 Å². The number of hydrogen-bond donors (Lipinski definition) is 12. The first-order valence-electron chi connectivity index (χ1n) is 47.7. The van der Waals surface area contributed by atoms with Crippen LogP contribution in [0.25, 0.3) is 0 Å². The highest BCUT2D eigenvalue weighted by Crippen LogP contribution is 2.33. The zero-order valence-corrected chi connectivity index (χ0v) is 85.7. The lowest BCUT2D eigenvalue weighted by Crippen LogP contribution is -2.20. The number of methoxy groups -OCH3 is 4. The number of aryl methyl sites for hydroxylation is 3. The van der Waals surface area contributed by atoms with E-state index >= 15 is 0 Å². The van der Waals surface area contributed by atoms with Crippen LogP contribution in [-0.4, -0.2) is 74.6 Å². The Hall–Kier alpha value is -19.7. The molecule has 0 radical (unpaired) electrons. The second-order valence-corrected chi connectivity index (χ2v) is 37.2. The molecule has 0 spiro atoms. The Bertz CT molecular complexity index is 7500. The van der Waals surface area contributed by atoms with Crippen LogP contribution in [0.15, 0.2) is 328 Å². The molecule has 0 saturated carbocycles. The van der Waals surface area contributed by atoms with E-state index in [0.717, 1.165) is 44.5 Å². The molecular weight excluding hydrogens is 1860 g/mol. The van der Waals surface area contributed by atoms with E-state index in [1.165, 1.54) is 0 Å².